The minimum Gasteiger partial charge on any atom is -0.466 e. The molecular formula is C19H21N3O3S. The van der Waals surface area contributed by atoms with Crippen molar-refractivity contribution in [2.24, 2.45) is 0 Å². The number of hydrogen-bond donors (Lipinski definition) is 1. The second-order valence-electron chi connectivity index (χ2n) is 5.83. The van der Waals surface area contributed by atoms with Crippen LogP contribution in [0.25, 0.3) is 15.9 Å². The Morgan fingerprint density at radius 1 is 1.27 bits per heavy atom. The first-order valence-corrected chi connectivity index (χ1v) is 9.40. The fraction of sp³-hybridized carbons (Fsp3) is 0.316. The molecule has 2 aromatic heterocycles. The maximum atomic E-state index is 12.4. The summed E-state index contributed by atoms with van der Waals surface area (Å²) in [5.74, 6) is -0.365. The van der Waals surface area contributed by atoms with Crippen LogP contribution >= 0.6 is 11.3 Å². The fourth-order valence-electron chi connectivity index (χ4n) is 2.66. The van der Waals surface area contributed by atoms with E-state index in [9.17, 15) is 9.59 Å². The summed E-state index contributed by atoms with van der Waals surface area (Å²) in [6.45, 7) is 4.54. The van der Waals surface area contributed by atoms with E-state index < -0.39 is 0 Å². The summed E-state index contributed by atoms with van der Waals surface area (Å²) in [6.07, 6.45) is 0.870. The van der Waals surface area contributed by atoms with Gasteiger partial charge in [0, 0.05) is 18.4 Å². The first-order chi connectivity index (χ1) is 12.6. The van der Waals surface area contributed by atoms with Gasteiger partial charge in [-0.2, -0.15) is 5.10 Å². The third kappa shape index (κ3) is 3.94. The van der Waals surface area contributed by atoms with Gasteiger partial charge < -0.3 is 10.1 Å². The van der Waals surface area contributed by atoms with E-state index in [0.717, 1.165) is 21.6 Å². The molecule has 1 aromatic carbocycles. The number of nitrogens with zero attached hydrogens (tertiary/aromatic N) is 2. The van der Waals surface area contributed by atoms with Crippen LogP contribution in [0.4, 0.5) is 0 Å². The van der Waals surface area contributed by atoms with Gasteiger partial charge in [0.1, 0.15) is 4.83 Å². The van der Waals surface area contributed by atoms with Crippen LogP contribution in [0.2, 0.25) is 0 Å². The number of benzene rings is 1. The van der Waals surface area contributed by atoms with Gasteiger partial charge in [-0.25, -0.2) is 4.68 Å². The molecule has 0 aliphatic carbocycles. The van der Waals surface area contributed by atoms with E-state index in [1.54, 1.807) is 6.92 Å². The fourth-order valence-corrected chi connectivity index (χ4v) is 3.76. The molecule has 3 rings (SSSR count). The van der Waals surface area contributed by atoms with Crippen LogP contribution in [0.3, 0.4) is 0 Å². The number of aryl methyl sites for hydroxylation is 1. The van der Waals surface area contributed by atoms with Gasteiger partial charge in [-0.3, -0.25) is 9.59 Å². The first kappa shape index (κ1) is 18.1. The number of nitrogens with one attached hydrogen (secondary N) is 1. The summed E-state index contributed by atoms with van der Waals surface area (Å²) in [6, 6.07) is 11.7. The Labute approximate surface area is 155 Å². The molecule has 1 N–H and O–H groups in total. The molecule has 0 fully saturated rings. The summed E-state index contributed by atoms with van der Waals surface area (Å²) >= 11 is 1.42. The van der Waals surface area contributed by atoms with Crippen LogP contribution in [0.5, 0.6) is 0 Å². The van der Waals surface area contributed by atoms with Gasteiger partial charge in [-0.05, 0) is 38.5 Å². The average molecular weight is 371 g/mol. The molecule has 1 amide bonds. The molecule has 0 saturated heterocycles. The van der Waals surface area contributed by atoms with Crippen LogP contribution in [0.1, 0.15) is 35.1 Å². The van der Waals surface area contributed by atoms with E-state index >= 15 is 0 Å². The molecule has 0 aliphatic heterocycles. The Kier molecular flexibility index (Phi) is 5.68. The normalized spacial score (nSPS) is 10.8. The van der Waals surface area contributed by atoms with Crippen molar-refractivity contribution >= 4 is 33.4 Å². The second kappa shape index (κ2) is 8.14. The van der Waals surface area contributed by atoms with Crippen molar-refractivity contribution in [3.63, 3.8) is 0 Å². The zero-order chi connectivity index (χ0) is 18.5. The maximum Gasteiger partial charge on any atom is 0.305 e. The van der Waals surface area contributed by atoms with Gasteiger partial charge in [0.2, 0.25) is 0 Å². The number of para-hydroxylation sites is 1. The average Bonchev–Trinajstić information content (AvgIpc) is 3.20. The molecule has 3 aromatic rings. The number of aromatic nitrogens is 2. The van der Waals surface area contributed by atoms with Crippen LogP contribution in [-0.4, -0.2) is 34.8 Å². The molecule has 6 nitrogen and oxygen atoms in total. The van der Waals surface area contributed by atoms with Crippen molar-refractivity contribution < 1.29 is 14.3 Å². The highest BCUT2D eigenvalue weighted by atomic mass is 32.1. The predicted molar refractivity (Wildman–Crippen MR) is 102 cm³/mol. The van der Waals surface area contributed by atoms with Crippen LogP contribution < -0.4 is 5.32 Å². The number of carbonyl (C=O) groups is 2. The van der Waals surface area contributed by atoms with E-state index in [2.05, 4.69) is 10.4 Å². The van der Waals surface area contributed by atoms with Gasteiger partial charge in [-0.15, -0.1) is 11.3 Å². The van der Waals surface area contributed by atoms with E-state index in [4.69, 9.17) is 4.74 Å². The molecule has 0 aliphatic rings. The van der Waals surface area contributed by atoms with E-state index in [1.165, 1.54) is 11.3 Å². The molecule has 0 bridgehead atoms. The summed E-state index contributed by atoms with van der Waals surface area (Å²) in [5, 5.41) is 8.42. The molecule has 2 heterocycles. The Morgan fingerprint density at radius 2 is 2.04 bits per heavy atom. The van der Waals surface area contributed by atoms with Crippen molar-refractivity contribution in [1.29, 1.82) is 0 Å². The Bertz CT molecular complexity index is 915. The number of rotatable bonds is 7. The number of fused-ring (bicyclic) bond motifs is 1. The zero-order valence-electron chi connectivity index (χ0n) is 14.8. The van der Waals surface area contributed by atoms with Crippen molar-refractivity contribution in [2.45, 2.75) is 26.7 Å². The maximum absolute atomic E-state index is 12.4. The van der Waals surface area contributed by atoms with Crippen molar-refractivity contribution in [3.05, 3.63) is 47.0 Å². The molecule has 7 heteroatoms. The smallest absolute Gasteiger partial charge is 0.305 e. The summed E-state index contributed by atoms with van der Waals surface area (Å²) in [4.78, 5) is 25.3. The van der Waals surface area contributed by atoms with Crippen LogP contribution in [-0.2, 0) is 9.53 Å². The molecular weight excluding hydrogens is 350 g/mol. The zero-order valence-corrected chi connectivity index (χ0v) is 15.6. The molecule has 0 radical (unpaired) electrons. The number of amides is 1. The minimum atomic E-state index is -0.234. The molecule has 26 heavy (non-hydrogen) atoms. The van der Waals surface area contributed by atoms with Crippen molar-refractivity contribution in [2.75, 3.05) is 13.2 Å². The van der Waals surface area contributed by atoms with Gasteiger partial charge in [0.25, 0.3) is 5.91 Å². The lowest BCUT2D eigenvalue weighted by atomic mass is 10.3. The highest BCUT2D eigenvalue weighted by Gasteiger charge is 2.17. The third-order valence-electron chi connectivity index (χ3n) is 3.92. The third-order valence-corrected chi connectivity index (χ3v) is 5.03. The van der Waals surface area contributed by atoms with E-state index in [0.29, 0.717) is 30.9 Å². The Balaban J connectivity index is 1.69. The highest BCUT2D eigenvalue weighted by Crippen LogP contribution is 2.30. The first-order valence-electron chi connectivity index (χ1n) is 8.58. The number of thiophene rings is 1. The lowest BCUT2D eigenvalue weighted by Crippen LogP contribution is -2.24. The lowest BCUT2D eigenvalue weighted by Gasteiger charge is -2.04. The number of esters is 1. The molecule has 0 atom stereocenters. The molecule has 0 spiro atoms. The quantitative estimate of drug-likeness (QED) is 0.510. The summed E-state index contributed by atoms with van der Waals surface area (Å²) < 4.78 is 6.74. The van der Waals surface area contributed by atoms with Gasteiger partial charge >= 0.3 is 5.97 Å². The standard InChI is InChI=1S/C19H21N3O3S/c1-3-25-17(23)10-7-11-20-18(24)16-12-15-13(2)21-22(19(15)26-16)14-8-5-4-6-9-14/h4-6,8-9,12H,3,7,10-11H2,1-2H3,(H,20,24). The number of carbonyl (C=O) groups excluding carboxylic acids is 2. The largest absolute Gasteiger partial charge is 0.466 e. The van der Waals surface area contributed by atoms with Gasteiger partial charge in [-0.1, -0.05) is 18.2 Å². The monoisotopic (exact) mass is 371 g/mol. The second-order valence-corrected chi connectivity index (χ2v) is 6.86. The minimum absolute atomic E-state index is 0.130. The molecule has 0 unspecified atom stereocenters. The Morgan fingerprint density at radius 3 is 2.77 bits per heavy atom. The topological polar surface area (TPSA) is 73.2 Å². The Hall–Kier alpha value is -2.67. The van der Waals surface area contributed by atoms with Crippen LogP contribution in [0.15, 0.2) is 36.4 Å². The number of hydrogen-bond acceptors (Lipinski definition) is 5. The highest BCUT2D eigenvalue weighted by molar-refractivity contribution is 7.20. The van der Waals surface area contributed by atoms with Crippen LogP contribution in [0, 0.1) is 6.92 Å². The lowest BCUT2D eigenvalue weighted by molar-refractivity contribution is -0.143. The van der Waals surface area contributed by atoms with Crippen molar-refractivity contribution in [1.82, 2.24) is 15.1 Å². The molecule has 0 saturated carbocycles. The summed E-state index contributed by atoms with van der Waals surface area (Å²) in [7, 11) is 0. The van der Waals surface area contributed by atoms with Gasteiger partial charge in [0.05, 0.1) is 22.9 Å². The summed E-state index contributed by atoms with van der Waals surface area (Å²) in [5.41, 5.74) is 1.86. The molecule has 136 valence electrons. The van der Waals surface area contributed by atoms with E-state index in [-0.39, 0.29) is 11.9 Å². The predicted octanol–water partition coefficient (Wildman–Crippen LogP) is 3.47. The number of ether oxygens (including phenoxy) is 1. The van der Waals surface area contributed by atoms with Crippen molar-refractivity contribution in [3.8, 4) is 5.69 Å². The van der Waals surface area contributed by atoms with E-state index in [1.807, 2.05) is 48.0 Å². The SMILES string of the molecule is CCOC(=O)CCCNC(=O)c1cc2c(C)nn(-c3ccccc3)c2s1. The van der Waals surface area contributed by atoms with Gasteiger partial charge in [0.15, 0.2) is 0 Å².